The van der Waals surface area contributed by atoms with Gasteiger partial charge in [-0.2, -0.15) is 0 Å². The van der Waals surface area contributed by atoms with Gasteiger partial charge in [0.1, 0.15) is 0 Å². The zero-order valence-electron chi connectivity index (χ0n) is 12.2. The molecule has 0 aliphatic carbocycles. The van der Waals surface area contributed by atoms with Crippen LogP contribution < -0.4 is 5.32 Å². The van der Waals surface area contributed by atoms with Crippen LogP contribution in [0.5, 0.6) is 0 Å². The lowest BCUT2D eigenvalue weighted by Crippen LogP contribution is -2.13. The van der Waals surface area contributed by atoms with Crippen LogP contribution in [0.4, 0.5) is 5.69 Å². The maximum atomic E-state index is 12.4. The lowest BCUT2D eigenvalue weighted by atomic mass is 10.0. The van der Waals surface area contributed by atoms with Gasteiger partial charge in [0.05, 0.1) is 15.7 Å². The fourth-order valence-electron chi connectivity index (χ4n) is 2.56. The summed E-state index contributed by atoms with van der Waals surface area (Å²) in [6.45, 7) is 6.09. The number of carbonyl (C=O) groups excluding carboxylic acids is 1. The number of carbonyl (C=O) groups is 1. The van der Waals surface area contributed by atoms with Gasteiger partial charge >= 0.3 is 0 Å². The Labute approximate surface area is 127 Å². The fraction of sp³-hybridized carbons (Fsp3) is 0.176. The van der Waals surface area contributed by atoms with Crippen LogP contribution in [0.3, 0.4) is 0 Å². The van der Waals surface area contributed by atoms with Gasteiger partial charge in [0.15, 0.2) is 0 Å². The summed E-state index contributed by atoms with van der Waals surface area (Å²) in [5.74, 6) is -0.0830. The minimum Gasteiger partial charge on any atom is -0.322 e. The van der Waals surface area contributed by atoms with Gasteiger partial charge < -0.3 is 5.32 Å². The molecule has 0 unspecified atom stereocenters. The first-order chi connectivity index (χ1) is 10.0. The van der Waals surface area contributed by atoms with Crippen molar-refractivity contribution in [1.29, 1.82) is 0 Å². The highest BCUT2D eigenvalue weighted by atomic mass is 32.1. The lowest BCUT2D eigenvalue weighted by molar-refractivity contribution is 0.102. The number of anilines is 1. The molecule has 3 rings (SSSR count). The molecular weight excluding hydrogens is 280 g/mol. The van der Waals surface area contributed by atoms with Gasteiger partial charge in [-0.1, -0.05) is 17.7 Å². The second-order valence-electron chi connectivity index (χ2n) is 5.26. The molecule has 3 aromatic rings. The molecule has 0 atom stereocenters. The van der Waals surface area contributed by atoms with E-state index < -0.39 is 0 Å². The Morgan fingerprint density at radius 2 is 1.81 bits per heavy atom. The summed E-state index contributed by atoms with van der Waals surface area (Å²) >= 11 is 1.54. The van der Waals surface area contributed by atoms with E-state index in [0.29, 0.717) is 5.56 Å². The number of hydrogen-bond donors (Lipinski definition) is 1. The molecule has 0 saturated heterocycles. The van der Waals surface area contributed by atoms with Crippen LogP contribution >= 0.6 is 11.3 Å². The van der Waals surface area contributed by atoms with Gasteiger partial charge in [0.25, 0.3) is 5.91 Å². The van der Waals surface area contributed by atoms with E-state index in [2.05, 4.69) is 29.4 Å². The van der Waals surface area contributed by atoms with Crippen LogP contribution in [-0.4, -0.2) is 10.9 Å². The van der Waals surface area contributed by atoms with Crippen molar-refractivity contribution >= 4 is 33.1 Å². The minimum absolute atomic E-state index is 0.0830. The van der Waals surface area contributed by atoms with E-state index in [4.69, 9.17) is 0 Å². The van der Waals surface area contributed by atoms with Crippen molar-refractivity contribution in [2.24, 2.45) is 0 Å². The number of nitrogens with zero attached hydrogens (tertiary/aromatic N) is 1. The van der Waals surface area contributed by atoms with Gasteiger partial charge in [-0.15, -0.1) is 11.3 Å². The predicted molar refractivity (Wildman–Crippen MR) is 88.2 cm³/mol. The summed E-state index contributed by atoms with van der Waals surface area (Å²) < 4.78 is 1.03. The summed E-state index contributed by atoms with van der Waals surface area (Å²) in [5.41, 5.74) is 7.65. The highest BCUT2D eigenvalue weighted by Gasteiger charge is 2.11. The quantitative estimate of drug-likeness (QED) is 0.758. The number of fused-ring (bicyclic) bond motifs is 1. The molecule has 2 aromatic carbocycles. The monoisotopic (exact) mass is 296 g/mol. The molecular formula is C17H16N2OS. The number of benzene rings is 2. The number of nitrogens with one attached hydrogen (secondary N) is 1. The molecule has 0 aliphatic heterocycles. The van der Waals surface area contributed by atoms with Crippen LogP contribution in [0, 0.1) is 20.8 Å². The van der Waals surface area contributed by atoms with Gasteiger partial charge in [0.2, 0.25) is 0 Å². The number of rotatable bonds is 2. The summed E-state index contributed by atoms with van der Waals surface area (Å²) in [7, 11) is 0. The van der Waals surface area contributed by atoms with Gasteiger partial charge in [-0.05, 0) is 50.1 Å². The Bertz CT molecular complexity index is 813. The number of amides is 1. The summed E-state index contributed by atoms with van der Waals surface area (Å²) in [4.78, 5) is 16.7. The van der Waals surface area contributed by atoms with Crippen LogP contribution in [0.15, 0.2) is 35.8 Å². The van der Waals surface area contributed by atoms with Crippen molar-refractivity contribution in [3.05, 3.63) is 58.1 Å². The Morgan fingerprint density at radius 1 is 1.10 bits per heavy atom. The SMILES string of the molecule is Cc1cc(C)c(NC(=O)c2ccc3ncsc3c2)c(C)c1. The zero-order chi connectivity index (χ0) is 15.0. The van der Waals surface area contributed by atoms with E-state index in [0.717, 1.165) is 27.0 Å². The first-order valence-electron chi connectivity index (χ1n) is 6.77. The number of aromatic nitrogens is 1. The average molecular weight is 296 g/mol. The zero-order valence-corrected chi connectivity index (χ0v) is 13.0. The summed E-state index contributed by atoms with van der Waals surface area (Å²) in [6, 6.07) is 9.75. The van der Waals surface area contributed by atoms with Crippen molar-refractivity contribution in [3.63, 3.8) is 0 Å². The molecule has 1 amide bonds. The maximum Gasteiger partial charge on any atom is 0.255 e. The number of aryl methyl sites for hydroxylation is 3. The number of thiazole rings is 1. The van der Waals surface area contributed by atoms with Crippen molar-refractivity contribution < 1.29 is 4.79 Å². The van der Waals surface area contributed by atoms with Crippen molar-refractivity contribution in [2.45, 2.75) is 20.8 Å². The van der Waals surface area contributed by atoms with E-state index in [1.807, 2.05) is 32.0 Å². The molecule has 0 spiro atoms. The first-order valence-corrected chi connectivity index (χ1v) is 7.65. The lowest BCUT2D eigenvalue weighted by Gasteiger charge is -2.13. The van der Waals surface area contributed by atoms with Crippen molar-refractivity contribution in [1.82, 2.24) is 4.98 Å². The smallest absolute Gasteiger partial charge is 0.255 e. The third-order valence-corrected chi connectivity index (χ3v) is 4.30. The molecule has 0 fully saturated rings. The second kappa shape index (κ2) is 5.30. The Hall–Kier alpha value is -2.20. The number of hydrogen-bond acceptors (Lipinski definition) is 3. The highest BCUT2D eigenvalue weighted by molar-refractivity contribution is 7.16. The van der Waals surface area contributed by atoms with Crippen LogP contribution in [0.25, 0.3) is 10.2 Å². The summed E-state index contributed by atoms with van der Waals surface area (Å²) in [5, 5.41) is 3.02. The van der Waals surface area contributed by atoms with Crippen LogP contribution in [0.2, 0.25) is 0 Å². The molecule has 21 heavy (non-hydrogen) atoms. The highest BCUT2D eigenvalue weighted by Crippen LogP contribution is 2.24. The predicted octanol–water partition coefficient (Wildman–Crippen LogP) is 4.47. The molecule has 1 heterocycles. The molecule has 0 radical (unpaired) electrons. The Balaban J connectivity index is 1.92. The normalized spacial score (nSPS) is 10.8. The van der Waals surface area contributed by atoms with E-state index in [1.54, 1.807) is 16.8 Å². The second-order valence-corrected chi connectivity index (χ2v) is 6.15. The maximum absolute atomic E-state index is 12.4. The van der Waals surface area contributed by atoms with Gasteiger partial charge in [-0.3, -0.25) is 4.79 Å². The Morgan fingerprint density at radius 3 is 2.52 bits per heavy atom. The third kappa shape index (κ3) is 2.67. The Kier molecular flexibility index (Phi) is 3.47. The van der Waals surface area contributed by atoms with Crippen LogP contribution in [-0.2, 0) is 0 Å². The fourth-order valence-corrected chi connectivity index (χ4v) is 3.28. The average Bonchev–Trinajstić information content (AvgIpc) is 2.89. The molecule has 1 aromatic heterocycles. The molecule has 3 nitrogen and oxygen atoms in total. The van der Waals surface area contributed by atoms with E-state index in [9.17, 15) is 4.79 Å². The molecule has 0 aliphatic rings. The van der Waals surface area contributed by atoms with E-state index in [-0.39, 0.29) is 5.91 Å². The van der Waals surface area contributed by atoms with Crippen LogP contribution in [0.1, 0.15) is 27.0 Å². The molecule has 0 saturated carbocycles. The molecule has 106 valence electrons. The van der Waals surface area contributed by atoms with Gasteiger partial charge in [-0.25, -0.2) is 4.98 Å². The van der Waals surface area contributed by atoms with Crippen molar-refractivity contribution in [3.8, 4) is 0 Å². The van der Waals surface area contributed by atoms with Gasteiger partial charge in [0, 0.05) is 11.3 Å². The largest absolute Gasteiger partial charge is 0.322 e. The molecule has 4 heteroatoms. The molecule has 0 bridgehead atoms. The van der Waals surface area contributed by atoms with E-state index >= 15 is 0 Å². The first kappa shape index (κ1) is 13.8. The van der Waals surface area contributed by atoms with E-state index in [1.165, 1.54) is 5.56 Å². The van der Waals surface area contributed by atoms with Crippen molar-refractivity contribution in [2.75, 3.05) is 5.32 Å². The topological polar surface area (TPSA) is 42.0 Å². The third-order valence-electron chi connectivity index (χ3n) is 3.51. The standard InChI is InChI=1S/C17H16N2OS/c1-10-6-11(2)16(12(3)7-10)19-17(20)13-4-5-14-15(8-13)21-9-18-14/h4-9H,1-3H3,(H,19,20). The molecule has 1 N–H and O–H groups in total. The minimum atomic E-state index is -0.0830. The summed E-state index contributed by atoms with van der Waals surface area (Å²) in [6.07, 6.45) is 0.